The van der Waals surface area contributed by atoms with Gasteiger partial charge in [0.15, 0.2) is 11.6 Å². The van der Waals surface area contributed by atoms with Crippen molar-refractivity contribution in [2.75, 3.05) is 4.90 Å². The molecule has 0 saturated heterocycles. The van der Waals surface area contributed by atoms with E-state index < -0.39 is 5.41 Å². The van der Waals surface area contributed by atoms with Crippen LogP contribution in [0.3, 0.4) is 0 Å². The van der Waals surface area contributed by atoms with Crippen molar-refractivity contribution in [1.29, 1.82) is 0 Å². The number of aromatic nitrogens is 4. The highest BCUT2D eigenvalue weighted by molar-refractivity contribution is 6.20. The first kappa shape index (κ1) is 42.4. The smallest absolute Gasteiger partial charge is 0.238 e. The molecule has 0 N–H and O–H groups in total. The van der Waals surface area contributed by atoms with Crippen LogP contribution in [0.15, 0.2) is 261 Å². The van der Waals surface area contributed by atoms with Gasteiger partial charge in [0.1, 0.15) is 0 Å². The third-order valence-corrected chi connectivity index (χ3v) is 16.0. The lowest BCUT2D eigenvalue weighted by molar-refractivity contribution is 0.794. The van der Waals surface area contributed by atoms with E-state index >= 15 is 0 Å². The fraction of sp³-hybridized carbons (Fsp3) is 0.0141. The van der Waals surface area contributed by atoms with E-state index in [4.69, 9.17) is 19.9 Å². The molecule has 3 heterocycles. The summed E-state index contributed by atoms with van der Waals surface area (Å²) in [6, 6.07) is 93.9. The molecule has 0 atom stereocenters. The largest absolute Gasteiger partial charge is 0.278 e. The number of anilines is 3. The molecule has 5 heteroatoms. The van der Waals surface area contributed by atoms with Crippen molar-refractivity contribution in [3.05, 3.63) is 283 Å². The summed E-state index contributed by atoms with van der Waals surface area (Å²) in [7, 11) is 0. The van der Waals surface area contributed by atoms with Crippen LogP contribution in [0.1, 0.15) is 22.3 Å². The third-order valence-electron chi connectivity index (χ3n) is 16.0. The normalized spacial score (nSPS) is 13.1. The summed E-state index contributed by atoms with van der Waals surface area (Å²) >= 11 is 0. The Morgan fingerprint density at radius 2 is 0.737 bits per heavy atom. The van der Waals surface area contributed by atoms with Crippen molar-refractivity contribution >= 4 is 39.0 Å². The minimum atomic E-state index is -0.524. The van der Waals surface area contributed by atoms with Gasteiger partial charge in [0.2, 0.25) is 5.95 Å². The molecule has 0 bridgehead atoms. The molecule has 3 aliphatic rings. The number of nitrogens with zero attached hydrogens (tertiary/aromatic N) is 5. The van der Waals surface area contributed by atoms with Crippen molar-refractivity contribution in [1.82, 2.24) is 19.9 Å². The van der Waals surface area contributed by atoms with Crippen molar-refractivity contribution in [2.24, 2.45) is 0 Å². The number of rotatable bonds is 6. The van der Waals surface area contributed by atoms with Crippen molar-refractivity contribution < 1.29 is 0 Å². The molecule has 2 aliphatic carbocycles. The molecule has 11 aromatic carbocycles. The molecule has 13 aromatic rings. The maximum absolute atomic E-state index is 5.60. The molecule has 2 aromatic heterocycles. The number of para-hydroxylation sites is 1. The van der Waals surface area contributed by atoms with E-state index in [1.165, 1.54) is 55.6 Å². The van der Waals surface area contributed by atoms with E-state index in [-0.39, 0.29) is 0 Å². The quantitative estimate of drug-likeness (QED) is 0.155. The summed E-state index contributed by atoms with van der Waals surface area (Å²) in [6.07, 6.45) is 0. The minimum absolute atomic E-state index is 0.524. The summed E-state index contributed by atoms with van der Waals surface area (Å²) in [4.78, 5) is 24.3. The highest BCUT2D eigenvalue weighted by Gasteiger charge is 2.51. The molecule has 0 saturated carbocycles. The second kappa shape index (κ2) is 16.5. The Kier molecular flexibility index (Phi) is 9.18. The van der Waals surface area contributed by atoms with Gasteiger partial charge in [-0.15, -0.1) is 0 Å². The minimum Gasteiger partial charge on any atom is -0.278 e. The Bertz CT molecular complexity index is 4480. The number of fused-ring (bicyclic) bond motifs is 14. The molecule has 0 amide bonds. The first-order chi connectivity index (χ1) is 37.7. The maximum Gasteiger partial charge on any atom is 0.238 e. The van der Waals surface area contributed by atoms with Crippen molar-refractivity contribution in [3.8, 4) is 89.7 Å². The van der Waals surface area contributed by atoms with Crippen molar-refractivity contribution in [3.63, 3.8) is 0 Å². The number of hydrogen-bond acceptors (Lipinski definition) is 5. The van der Waals surface area contributed by atoms with E-state index in [1.54, 1.807) is 0 Å². The Labute approximate surface area is 439 Å². The molecular formula is C71H43N5. The average Bonchev–Trinajstić information content (AvgIpc) is 4.13. The zero-order valence-electron chi connectivity index (χ0n) is 41.1. The van der Waals surface area contributed by atoms with Gasteiger partial charge in [0.25, 0.3) is 0 Å². The van der Waals surface area contributed by atoms with Crippen LogP contribution in [0.5, 0.6) is 0 Å². The number of hydrogen-bond donors (Lipinski definition) is 0. The molecule has 1 spiro atoms. The van der Waals surface area contributed by atoms with Gasteiger partial charge in [-0.3, -0.25) is 4.90 Å². The number of pyridine rings is 1. The van der Waals surface area contributed by atoms with E-state index in [1.807, 2.05) is 0 Å². The van der Waals surface area contributed by atoms with Gasteiger partial charge in [0, 0.05) is 27.5 Å². The topological polar surface area (TPSA) is 54.8 Å². The third kappa shape index (κ3) is 6.20. The molecule has 0 radical (unpaired) electrons. The lowest BCUT2D eigenvalue weighted by atomic mass is 9.70. The number of benzene rings is 11. The highest BCUT2D eigenvalue weighted by atomic mass is 15.3. The zero-order valence-corrected chi connectivity index (χ0v) is 41.1. The van der Waals surface area contributed by atoms with Crippen LogP contribution in [0, 0.1) is 0 Å². The summed E-state index contributed by atoms with van der Waals surface area (Å²) in [5.41, 5.74) is 23.1. The predicted molar refractivity (Wildman–Crippen MR) is 310 cm³/mol. The Morgan fingerprint density at radius 3 is 1.38 bits per heavy atom. The molecule has 0 fully saturated rings. The molecule has 5 nitrogen and oxygen atoms in total. The second-order valence-corrected chi connectivity index (χ2v) is 20.1. The molecular weight excluding hydrogens is 923 g/mol. The van der Waals surface area contributed by atoms with E-state index in [2.05, 4.69) is 266 Å². The Morgan fingerprint density at radius 1 is 0.276 bits per heavy atom. The molecule has 1 aliphatic heterocycles. The standard InChI is InChI=1S/C71H43N5/c1-3-18-44(19-4-1)46-22-15-24-48(40-46)49-37-39-63-58(42-49)56-30-17-35-65-66(56)67(72-63)57-29-10-14-34-64(57)76(65)70-74-68(50-25-16-23-47(41-50)45-20-5-2-6-21-45)73-69(75-70)51-36-38-55-54-28-9-13-33-61(54)71(62(55)43-51)59-31-11-7-26-52(59)53-27-8-12-32-60(53)71/h1-43H. The van der Waals surface area contributed by atoms with Crippen LogP contribution in [0.25, 0.3) is 111 Å². The lowest BCUT2D eigenvalue weighted by Gasteiger charge is -2.32. The van der Waals surface area contributed by atoms with Crippen LogP contribution in [-0.2, 0) is 5.41 Å². The SMILES string of the molecule is c1ccc(-c2cccc(-c3ccc4nc5c6c(cccc6c4c3)N(c3nc(-c4cccc(-c6ccccc6)c4)nc(-c4ccc6c(c4)C4(c7ccccc7-c7ccccc74)c4ccccc4-6)n3)c3ccccc3-5)c2)cc1. The first-order valence-electron chi connectivity index (χ1n) is 26.0. The lowest BCUT2D eigenvalue weighted by Crippen LogP contribution is -2.25. The molecule has 0 unspecified atom stereocenters. The van der Waals surface area contributed by atoms with Crippen LogP contribution < -0.4 is 4.90 Å². The van der Waals surface area contributed by atoms with Gasteiger partial charge in [-0.25, -0.2) is 9.97 Å². The zero-order chi connectivity index (χ0) is 49.9. The summed E-state index contributed by atoms with van der Waals surface area (Å²) < 4.78 is 0. The molecule has 76 heavy (non-hydrogen) atoms. The monoisotopic (exact) mass is 965 g/mol. The highest BCUT2D eigenvalue weighted by Crippen LogP contribution is 2.63. The van der Waals surface area contributed by atoms with Gasteiger partial charge < -0.3 is 0 Å². The summed E-state index contributed by atoms with van der Waals surface area (Å²) in [5, 5.41) is 3.25. The maximum atomic E-state index is 5.60. The average molecular weight is 966 g/mol. The van der Waals surface area contributed by atoms with Crippen molar-refractivity contribution in [2.45, 2.75) is 5.41 Å². The van der Waals surface area contributed by atoms with Crippen LogP contribution in [0.2, 0.25) is 0 Å². The molecule has 16 rings (SSSR count). The first-order valence-corrected chi connectivity index (χ1v) is 26.0. The van der Waals surface area contributed by atoms with Crippen LogP contribution >= 0.6 is 0 Å². The van der Waals surface area contributed by atoms with Crippen LogP contribution in [0.4, 0.5) is 17.3 Å². The van der Waals surface area contributed by atoms with Gasteiger partial charge in [-0.05, 0) is 126 Å². The predicted octanol–water partition coefficient (Wildman–Crippen LogP) is 17.7. The van der Waals surface area contributed by atoms with Gasteiger partial charge in [-0.2, -0.15) is 9.97 Å². The fourth-order valence-corrected chi connectivity index (χ4v) is 12.7. The fourth-order valence-electron chi connectivity index (χ4n) is 12.7. The summed E-state index contributed by atoms with van der Waals surface area (Å²) in [5.74, 6) is 1.70. The van der Waals surface area contributed by atoms with Crippen LogP contribution in [-0.4, -0.2) is 19.9 Å². The van der Waals surface area contributed by atoms with E-state index in [0.29, 0.717) is 17.6 Å². The van der Waals surface area contributed by atoms with E-state index in [0.717, 1.165) is 77.7 Å². The van der Waals surface area contributed by atoms with Gasteiger partial charge >= 0.3 is 0 Å². The molecule has 352 valence electrons. The Hall–Kier alpha value is -10.1. The second-order valence-electron chi connectivity index (χ2n) is 20.1. The van der Waals surface area contributed by atoms with Gasteiger partial charge in [0.05, 0.1) is 28.0 Å². The summed E-state index contributed by atoms with van der Waals surface area (Å²) in [6.45, 7) is 0. The van der Waals surface area contributed by atoms with Gasteiger partial charge in [-0.1, -0.05) is 218 Å². The Balaban J connectivity index is 0.918. The van der Waals surface area contributed by atoms with E-state index in [9.17, 15) is 0 Å².